The van der Waals surface area contributed by atoms with Gasteiger partial charge in [0.1, 0.15) is 0 Å². The fourth-order valence-electron chi connectivity index (χ4n) is 3.05. The Morgan fingerprint density at radius 1 is 1.03 bits per heavy atom. The summed E-state index contributed by atoms with van der Waals surface area (Å²) in [5, 5.41) is 0.978. The van der Waals surface area contributed by atoms with Crippen molar-refractivity contribution >= 4 is 47.1 Å². The Labute approximate surface area is 200 Å². The minimum absolute atomic E-state index is 0.118. The lowest BCUT2D eigenvalue weighted by Crippen LogP contribution is -2.09. The number of ether oxygens (including phenoxy) is 3. The van der Waals surface area contributed by atoms with E-state index in [9.17, 15) is 9.59 Å². The predicted octanol–water partition coefficient (Wildman–Crippen LogP) is 5.87. The smallest absolute Gasteiger partial charge is 0.363 e. The summed E-state index contributed by atoms with van der Waals surface area (Å²) < 4.78 is 16.1. The Hall–Kier alpha value is -3.61. The van der Waals surface area contributed by atoms with Gasteiger partial charge in [-0.1, -0.05) is 41.4 Å². The number of halogens is 2. The number of benzene rings is 3. The molecule has 8 heteroatoms. The topological polar surface area (TPSA) is 74.2 Å². The van der Waals surface area contributed by atoms with E-state index < -0.39 is 11.9 Å². The lowest BCUT2D eigenvalue weighted by atomic mass is 10.1. The SMILES string of the molecule is COc1cc(/C=C2/N=C(c3ccc(C)c(Cl)c3)OC2=O)ccc1OC(=O)c1cccc(Cl)c1. The van der Waals surface area contributed by atoms with E-state index in [1.165, 1.54) is 13.2 Å². The third kappa shape index (κ3) is 5.08. The van der Waals surface area contributed by atoms with Crippen LogP contribution >= 0.6 is 23.2 Å². The Morgan fingerprint density at radius 2 is 1.85 bits per heavy atom. The molecule has 0 aromatic heterocycles. The third-order valence-corrected chi connectivity index (χ3v) is 5.44. The van der Waals surface area contributed by atoms with E-state index in [4.69, 9.17) is 37.4 Å². The van der Waals surface area contributed by atoms with E-state index in [1.54, 1.807) is 54.6 Å². The van der Waals surface area contributed by atoms with Crippen LogP contribution in [0, 0.1) is 6.92 Å². The molecular weight excluding hydrogens is 465 g/mol. The first-order valence-electron chi connectivity index (χ1n) is 9.79. The molecule has 0 saturated heterocycles. The number of aryl methyl sites for hydroxylation is 1. The summed E-state index contributed by atoms with van der Waals surface area (Å²) in [7, 11) is 1.45. The standard InChI is InChI=1S/C25H17Cl2NO5/c1-14-6-8-16(13-19(14)27)23-28-20(25(30)33-23)10-15-7-9-21(22(11-15)31-2)32-24(29)17-4-3-5-18(26)12-17/h3-13H,1-2H3/b20-10+. The monoisotopic (exact) mass is 481 g/mol. The van der Waals surface area contributed by atoms with Gasteiger partial charge >= 0.3 is 11.9 Å². The molecule has 0 aliphatic carbocycles. The van der Waals surface area contributed by atoms with Gasteiger partial charge in [0.2, 0.25) is 5.90 Å². The fourth-order valence-corrected chi connectivity index (χ4v) is 3.42. The molecule has 166 valence electrons. The quantitative estimate of drug-likeness (QED) is 0.258. The molecule has 0 saturated carbocycles. The number of carbonyl (C=O) groups excluding carboxylic acids is 2. The van der Waals surface area contributed by atoms with Crippen molar-refractivity contribution < 1.29 is 23.8 Å². The largest absolute Gasteiger partial charge is 0.493 e. The lowest BCUT2D eigenvalue weighted by Gasteiger charge is -2.10. The number of esters is 2. The number of cyclic esters (lactones) is 1. The van der Waals surface area contributed by atoms with Crippen molar-refractivity contribution in [1.29, 1.82) is 0 Å². The zero-order chi connectivity index (χ0) is 23.5. The number of methoxy groups -OCH3 is 1. The van der Waals surface area contributed by atoms with Crippen molar-refractivity contribution in [1.82, 2.24) is 0 Å². The van der Waals surface area contributed by atoms with Gasteiger partial charge in [-0.2, -0.15) is 0 Å². The predicted molar refractivity (Wildman–Crippen MR) is 126 cm³/mol. The molecule has 0 radical (unpaired) electrons. The van der Waals surface area contributed by atoms with Crippen LogP contribution < -0.4 is 9.47 Å². The van der Waals surface area contributed by atoms with Gasteiger partial charge in [0.15, 0.2) is 17.2 Å². The molecule has 6 nitrogen and oxygen atoms in total. The van der Waals surface area contributed by atoms with Gasteiger partial charge in [-0.25, -0.2) is 14.6 Å². The Balaban J connectivity index is 1.58. The summed E-state index contributed by atoms with van der Waals surface area (Å²) in [5.41, 5.74) is 2.54. The van der Waals surface area contributed by atoms with Crippen LogP contribution in [0.3, 0.4) is 0 Å². The maximum absolute atomic E-state index is 12.4. The van der Waals surface area contributed by atoms with Crippen molar-refractivity contribution in [3.8, 4) is 11.5 Å². The van der Waals surface area contributed by atoms with Gasteiger partial charge in [0.05, 0.1) is 12.7 Å². The van der Waals surface area contributed by atoms with Crippen LogP contribution in [0.1, 0.15) is 27.0 Å². The summed E-state index contributed by atoms with van der Waals surface area (Å²) >= 11 is 12.1. The van der Waals surface area contributed by atoms with Crippen LogP contribution in [-0.2, 0) is 9.53 Å². The fraction of sp³-hybridized carbons (Fsp3) is 0.0800. The molecule has 0 unspecified atom stereocenters. The molecule has 0 fully saturated rings. The molecule has 1 aliphatic rings. The molecule has 1 heterocycles. The van der Waals surface area contributed by atoms with Crippen molar-refractivity contribution in [3.63, 3.8) is 0 Å². The van der Waals surface area contributed by atoms with E-state index in [0.29, 0.717) is 32.5 Å². The normalized spacial score (nSPS) is 14.1. The number of hydrogen-bond donors (Lipinski definition) is 0. The third-order valence-electron chi connectivity index (χ3n) is 4.79. The maximum Gasteiger partial charge on any atom is 0.363 e. The average Bonchev–Trinajstić information content (AvgIpc) is 3.16. The number of rotatable bonds is 5. The first-order valence-corrected chi connectivity index (χ1v) is 10.5. The molecule has 1 aliphatic heterocycles. The van der Waals surface area contributed by atoms with Crippen molar-refractivity contribution in [2.24, 2.45) is 4.99 Å². The van der Waals surface area contributed by atoms with Gasteiger partial charge in [-0.05, 0) is 66.6 Å². The molecular formula is C25H17Cl2NO5. The molecule has 3 aromatic carbocycles. The Bertz CT molecular complexity index is 1330. The zero-order valence-corrected chi connectivity index (χ0v) is 19.1. The van der Waals surface area contributed by atoms with Crippen LogP contribution in [0.15, 0.2) is 71.4 Å². The minimum atomic E-state index is -0.586. The van der Waals surface area contributed by atoms with Crippen LogP contribution in [0.4, 0.5) is 0 Å². The van der Waals surface area contributed by atoms with Gasteiger partial charge in [0, 0.05) is 15.6 Å². The van der Waals surface area contributed by atoms with Gasteiger partial charge in [-0.3, -0.25) is 0 Å². The van der Waals surface area contributed by atoms with Crippen molar-refractivity contribution in [2.45, 2.75) is 6.92 Å². The van der Waals surface area contributed by atoms with Crippen LogP contribution in [-0.4, -0.2) is 24.9 Å². The van der Waals surface area contributed by atoms with E-state index in [0.717, 1.165) is 5.56 Å². The summed E-state index contributed by atoms with van der Waals surface area (Å²) in [6.45, 7) is 1.88. The summed E-state index contributed by atoms with van der Waals surface area (Å²) in [6, 6.07) is 16.6. The molecule has 33 heavy (non-hydrogen) atoms. The van der Waals surface area contributed by atoms with Crippen LogP contribution in [0.25, 0.3) is 6.08 Å². The molecule has 0 atom stereocenters. The zero-order valence-electron chi connectivity index (χ0n) is 17.6. The van der Waals surface area contributed by atoms with Crippen LogP contribution in [0.5, 0.6) is 11.5 Å². The maximum atomic E-state index is 12.4. The van der Waals surface area contributed by atoms with E-state index in [2.05, 4.69) is 4.99 Å². The van der Waals surface area contributed by atoms with E-state index in [1.807, 2.05) is 13.0 Å². The van der Waals surface area contributed by atoms with Crippen molar-refractivity contribution in [2.75, 3.05) is 7.11 Å². The van der Waals surface area contributed by atoms with E-state index >= 15 is 0 Å². The second kappa shape index (κ2) is 9.48. The van der Waals surface area contributed by atoms with Crippen LogP contribution in [0.2, 0.25) is 10.0 Å². The average molecular weight is 482 g/mol. The highest BCUT2D eigenvalue weighted by Gasteiger charge is 2.24. The number of carbonyl (C=O) groups is 2. The molecule has 0 N–H and O–H groups in total. The number of hydrogen-bond acceptors (Lipinski definition) is 6. The number of aliphatic imine (C=N–C) groups is 1. The highest BCUT2D eigenvalue weighted by Crippen LogP contribution is 2.31. The minimum Gasteiger partial charge on any atom is -0.493 e. The highest BCUT2D eigenvalue weighted by molar-refractivity contribution is 6.32. The van der Waals surface area contributed by atoms with Crippen molar-refractivity contribution in [3.05, 3.63) is 98.7 Å². The summed E-state index contributed by atoms with van der Waals surface area (Å²) in [6.07, 6.45) is 1.55. The highest BCUT2D eigenvalue weighted by atomic mass is 35.5. The second-order valence-corrected chi connectivity index (χ2v) is 7.95. The first kappa shape index (κ1) is 22.6. The van der Waals surface area contributed by atoms with Gasteiger partial charge in [0.25, 0.3) is 0 Å². The molecule has 0 spiro atoms. The first-order chi connectivity index (χ1) is 15.8. The van der Waals surface area contributed by atoms with Gasteiger partial charge < -0.3 is 14.2 Å². The van der Waals surface area contributed by atoms with Gasteiger partial charge in [-0.15, -0.1) is 0 Å². The molecule has 0 bridgehead atoms. The molecule has 0 amide bonds. The Kier molecular flexibility index (Phi) is 6.49. The second-order valence-electron chi connectivity index (χ2n) is 7.11. The lowest BCUT2D eigenvalue weighted by molar-refractivity contribution is -0.129. The molecule has 4 rings (SSSR count). The Morgan fingerprint density at radius 3 is 2.58 bits per heavy atom. The van der Waals surface area contributed by atoms with E-state index in [-0.39, 0.29) is 17.3 Å². The number of nitrogens with zero attached hydrogens (tertiary/aromatic N) is 1. The summed E-state index contributed by atoms with van der Waals surface area (Å²) in [5.74, 6) is -0.464. The summed E-state index contributed by atoms with van der Waals surface area (Å²) in [4.78, 5) is 29.0. The molecule has 3 aromatic rings.